The number of nitrogens with one attached hydrogen (secondary N) is 1. The molecule has 1 unspecified atom stereocenters. The molecule has 2 aromatic carbocycles. The van der Waals surface area contributed by atoms with Crippen LogP contribution in [0.3, 0.4) is 0 Å². The van der Waals surface area contributed by atoms with E-state index in [1.54, 1.807) is 6.07 Å². The molecule has 0 saturated carbocycles. The molecule has 1 atom stereocenters. The molecule has 2 aromatic rings. The van der Waals surface area contributed by atoms with E-state index in [1.807, 2.05) is 13.0 Å². The largest absolute Gasteiger partial charge is 0.306 e. The summed E-state index contributed by atoms with van der Waals surface area (Å²) in [5.74, 6) is -0.177. The standard InChI is InChI=1S/C19H24FN/c1-5-11-21-19(17-8-6-7-13(2)15(17)4)18-12-16(20)10-9-14(18)3/h6-10,12,19,21H,5,11H2,1-4H3. The summed E-state index contributed by atoms with van der Waals surface area (Å²) in [5.41, 5.74) is 5.92. The average Bonchev–Trinajstić information content (AvgIpc) is 2.47. The average molecular weight is 285 g/mol. The SMILES string of the molecule is CCCNC(c1cc(F)ccc1C)c1cccc(C)c1C. The van der Waals surface area contributed by atoms with Crippen LogP contribution >= 0.6 is 0 Å². The van der Waals surface area contributed by atoms with Crippen molar-refractivity contribution >= 4 is 0 Å². The van der Waals surface area contributed by atoms with Crippen molar-refractivity contribution in [2.24, 2.45) is 0 Å². The van der Waals surface area contributed by atoms with Crippen molar-refractivity contribution in [1.82, 2.24) is 5.32 Å². The Bertz CT molecular complexity index is 617. The molecule has 0 spiro atoms. The van der Waals surface area contributed by atoms with Crippen LogP contribution in [0.1, 0.15) is 47.2 Å². The molecule has 0 aromatic heterocycles. The topological polar surface area (TPSA) is 12.0 Å². The monoisotopic (exact) mass is 285 g/mol. The van der Waals surface area contributed by atoms with Crippen LogP contribution in [-0.4, -0.2) is 6.54 Å². The minimum atomic E-state index is -0.177. The number of aryl methyl sites for hydroxylation is 2. The Morgan fingerprint density at radius 2 is 1.76 bits per heavy atom. The predicted octanol–water partition coefficient (Wildman–Crippen LogP) is 4.84. The first-order valence-electron chi connectivity index (χ1n) is 7.60. The molecule has 0 saturated heterocycles. The number of rotatable bonds is 5. The fourth-order valence-corrected chi connectivity index (χ4v) is 2.68. The number of hydrogen-bond acceptors (Lipinski definition) is 1. The summed E-state index contributed by atoms with van der Waals surface area (Å²) in [4.78, 5) is 0. The highest BCUT2D eigenvalue weighted by molar-refractivity contribution is 5.43. The number of hydrogen-bond donors (Lipinski definition) is 1. The Kier molecular flexibility index (Phi) is 5.13. The molecule has 112 valence electrons. The van der Waals surface area contributed by atoms with E-state index < -0.39 is 0 Å². The number of benzene rings is 2. The van der Waals surface area contributed by atoms with Gasteiger partial charge in [-0.05, 0) is 73.7 Å². The fourth-order valence-electron chi connectivity index (χ4n) is 2.68. The predicted molar refractivity (Wildman–Crippen MR) is 87.2 cm³/mol. The highest BCUT2D eigenvalue weighted by Crippen LogP contribution is 2.29. The first-order valence-corrected chi connectivity index (χ1v) is 7.60. The molecule has 0 fully saturated rings. The molecule has 0 radical (unpaired) electrons. The molecule has 0 bridgehead atoms. The molecule has 1 N–H and O–H groups in total. The Labute approximate surface area is 127 Å². The molecule has 0 heterocycles. The second kappa shape index (κ2) is 6.86. The maximum atomic E-state index is 13.7. The molecule has 2 rings (SSSR count). The van der Waals surface area contributed by atoms with Crippen LogP contribution < -0.4 is 5.32 Å². The van der Waals surface area contributed by atoms with Crippen LogP contribution in [0.5, 0.6) is 0 Å². The maximum Gasteiger partial charge on any atom is 0.123 e. The van der Waals surface area contributed by atoms with Crippen molar-refractivity contribution < 1.29 is 4.39 Å². The quantitative estimate of drug-likeness (QED) is 0.829. The molecule has 0 aliphatic heterocycles. The lowest BCUT2D eigenvalue weighted by molar-refractivity contribution is 0.581. The summed E-state index contributed by atoms with van der Waals surface area (Å²) in [6, 6.07) is 11.4. The Balaban J connectivity index is 2.52. The molecule has 0 aliphatic rings. The van der Waals surface area contributed by atoms with Crippen LogP contribution in [0.2, 0.25) is 0 Å². The van der Waals surface area contributed by atoms with Gasteiger partial charge in [0.15, 0.2) is 0 Å². The second-order valence-electron chi connectivity index (χ2n) is 5.68. The summed E-state index contributed by atoms with van der Waals surface area (Å²) in [6.45, 7) is 9.36. The minimum Gasteiger partial charge on any atom is -0.306 e. The van der Waals surface area contributed by atoms with E-state index in [9.17, 15) is 4.39 Å². The zero-order valence-electron chi connectivity index (χ0n) is 13.3. The van der Waals surface area contributed by atoms with Crippen LogP contribution in [-0.2, 0) is 0 Å². The van der Waals surface area contributed by atoms with Crippen LogP contribution in [0.25, 0.3) is 0 Å². The third-order valence-electron chi connectivity index (χ3n) is 4.11. The maximum absolute atomic E-state index is 13.7. The highest BCUT2D eigenvalue weighted by Gasteiger charge is 2.18. The lowest BCUT2D eigenvalue weighted by Gasteiger charge is -2.24. The lowest BCUT2D eigenvalue weighted by atomic mass is 9.90. The number of halogens is 1. The van der Waals surface area contributed by atoms with Gasteiger partial charge in [0.2, 0.25) is 0 Å². The highest BCUT2D eigenvalue weighted by atomic mass is 19.1. The van der Waals surface area contributed by atoms with Crippen molar-refractivity contribution in [3.05, 3.63) is 70.0 Å². The van der Waals surface area contributed by atoms with E-state index in [4.69, 9.17) is 0 Å². The summed E-state index contributed by atoms with van der Waals surface area (Å²) in [6.07, 6.45) is 1.05. The van der Waals surface area contributed by atoms with E-state index in [2.05, 4.69) is 44.3 Å². The van der Waals surface area contributed by atoms with Gasteiger partial charge < -0.3 is 5.32 Å². The summed E-state index contributed by atoms with van der Waals surface area (Å²) in [5, 5.41) is 3.57. The van der Waals surface area contributed by atoms with Crippen molar-refractivity contribution in [3.8, 4) is 0 Å². The first-order chi connectivity index (χ1) is 10.0. The Morgan fingerprint density at radius 1 is 1.00 bits per heavy atom. The van der Waals surface area contributed by atoms with Crippen molar-refractivity contribution in [2.75, 3.05) is 6.54 Å². The van der Waals surface area contributed by atoms with Gasteiger partial charge in [-0.15, -0.1) is 0 Å². The third kappa shape index (κ3) is 3.51. The summed E-state index contributed by atoms with van der Waals surface area (Å²) < 4.78 is 13.7. The minimum absolute atomic E-state index is 0.0422. The van der Waals surface area contributed by atoms with E-state index >= 15 is 0 Å². The molecule has 1 nitrogen and oxygen atoms in total. The fraction of sp³-hybridized carbons (Fsp3) is 0.368. The van der Waals surface area contributed by atoms with Gasteiger partial charge in [-0.3, -0.25) is 0 Å². The molecular weight excluding hydrogens is 261 g/mol. The van der Waals surface area contributed by atoms with Crippen LogP contribution in [0.4, 0.5) is 4.39 Å². The Hall–Kier alpha value is -1.67. The molecule has 2 heteroatoms. The van der Waals surface area contributed by atoms with E-state index in [-0.39, 0.29) is 11.9 Å². The molecule has 21 heavy (non-hydrogen) atoms. The van der Waals surface area contributed by atoms with Crippen molar-refractivity contribution in [2.45, 2.75) is 40.2 Å². The second-order valence-corrected chi connectivity index (χ2v) is 5.68. The van der Waals surface area contributed by atoms with Gasteiger partial charge in [-0.2, -0.15) is 0 Å². The first kappa shape index (κ1) is 15.7. The van der Waals surface area contributed by atoms with Gasteiger partial charge in [0.25, 0.3) is 0 Å². The van der Waals surface area contributed by atoms with Crippen molar-refractivity contribution in [3.63, 3.8) is 0 Å². The van der Waals surface area contributed by atoms with Crippen LogP contribution in [0, 0.1) is 26.6 Å². The van der Waals surface area contributed by atoms with E-state index in [0.717, 1.165) is 24.1 Å². The van der Waals surface area contributed by atoms with Crippen LogP contribution in [0.15, 0.2) is 36.4 Å². The zero-order valence-corrected chi connectivity index (χ0v) is 13.3. The van der Waals surface area contributed by atoms with Gasteiger partial charge in [-0.25, -0.2) is 4.39 Å². The normalized spacial score (nSPS) is 12.4. The Morgan fingerprint density at radius 3 is 2.48 bits per heavy atom. The molecular formula is C19H24FN. The molecule has 0 amide bonds. The third-order valence-corrected chi connectivity index (χ3v) is 4.11. The van der Waals surface area contributed by atoms with Gasteiger partial charge in [0.1, 0.15) is 5.82 Å². The molecule has 0 aliphatic carbocycles. The van der Waals surface area contributed by atoms with Gasteiger partial charge in [0, 0.05) is 0 Å². The van der Waals surface area contributed by atoms with Gasteiger partial charge in [-0.1, -0.05) is 31.2 Å². The summed E-state index contributed by atoms with van der Waals surface area (Å²) in [7, 11) is 0. The van der Waals surface area contributed by atoms with E-state index in [0.29, 0.717) is 0 Å². The smallest absolute Gasteiger partial charge is 0.123 e. The zero-order chi connectivity index (χ0) is 15.4. The lowest BCUT2D eigenvalue weighted by Crippen LogP contribution is -2.25. The summed E-state index contributed by atoms with van der Waals surface area (Å²) >= 11 is 0. The van der Waals surface area contributed by atoms with Crippen molar-refractivity contribution in [1.29, 1.82) is 0 Å². The van der Waals surface area contributed by atoms with Gasteiger partial charge >= 0.3 is 0 Å². The van der Waals surface area contributed by atoms with Gasteiger partial charge in [0.05, 0.1) is 6.04 Å². The van der Waals surface area contributed by atoms with E-state index in [1.165, 1.54) is 22.8 Å².